The molecule has 0 aliphatic carbocycles. The number of rotatable bonds is 5. The van der Waals surface area contributed by atoms with Gasteiger partial charge in [-0.05, 0) is 42.5 Å². The highest BCUT2D eigenvalue weighted by atomic mass is 32.2. The molecule has 1 aromatic carbocycles. The van der Waals surface area contributed by atoms with Crippen molar-refractivity contribution in [2.24, 2.45) is 11.8 Å². The van der Waals surface area contributed by atoms with Gasteiger partial charge in [0.25, 0.3) is 10.0 Å². The van der Waals surface area contributed by atoms with Crippen LogP contribution in [0.15, 0.2) is 47.5 Å². The summed E-state index contributed by atoms with van der Waals surface area (Å²) >= 11 is 0. The highest BCUT2D eigenvalue weighted by Gasteiger charge is 2.22. The number of anilines is 2. The van der Waals surface area contributed by atoms with E-state index in [4.69, 9.17) is 4.74 Å². The van der Waals surface area contributed by atoms with Gasteiger partial charge in [0.1, 0.15) is 6.61 Å². The fourth-order valence-electron chi connectivity index (χ4n) is 3.81. The molecule has 10 heteroatoms. The lowest BCUT2D eigenvalue weighted by Gasteiger charge is -2.23. The van der Waals surface area contributed by atoms with Crippen LogP contribution in [0, 0.1) is 11.8 Å². The molecule has 0 fully saturated rings. The van der Waals surface area contributed by atoms with Crippen LogP contribution >= 0.6 is 0 Å². The third-order valence-corrected chi connectivity index (χ3v) is 6.47. The minimum atomic E-state index is -3.90. The zero-order valence-corrected chi connectivity index (χ0v) is 20.1. The van der Waals surface area contributed by atoms with Crippen LogP contribution in [0.2, 0.25) is 0 Å². The number of sulfonamides is 1. The Kier molecular flexibility index (Phi) is 6.55. The fourth-order valence-corrected chi connectivity index (χ4v) is 4.80. The summed E-state index contributed by atoms with van der Waals surface area (Å²) in [6, 6.07) is 10.3. The van der Waals surface area contributed by atoms with E-state index < -0.39 is 10.0 Å². The number of nitrogens with one attached hydrogen (secondary N) is 2. The summed E-state index contributed by atoms with van der Waals surface area (Å²) in [6.07, 6.45) is 2.55. The minimum absolute atomic E-state index is 0.0244. The summed E-state index contributed by atoms with van der Waals surface area (Å²) in [4.78, 5) is 8.96. The minimum Gasteiger partial charge on any atom is -0.475 e. The average molecular weight is 471 g/mol. The molecule has 33 heavy (non-hydrogen) atoms. The number of aromatic nitrogens is 4. The summed E-state index contributed by atoms with van der Waals surface area (Å²) < 4.78 is 36.6. The molecule has 2 aromatic heterocycles. The quantitative estimate of drug-likeness (QED) is 0.579. The van der Waals surface area contributed by atoms with Crippen LogP contribution in [-0.2, 0) is 16.6 Å². The standard InChI is InChI=1S/C23H30N6O3S/c1-15(2)10-18-14-32-22-12-20(21-8-9-24-29(21)13-16(3)4)26-23(27-22)28-33(30,31)19-7-5-6-17(11-19)25-18/h5-9,11-12,15-16,18,25H,10,13-14H2,1-4H3,(H,26,27,28)/t18-/m1/s1. The molecule has 2 N–H and O–H groups in total. The van der Waals surface area contributed by atoms with Crippen molar-refractivity contribution in [2.75, 3.05) is 16.6 Å². The third kappa shape index (κ3) is 5.62. The van der Waals surface area contributed by atoms with Crippen LogP contribution in [0.4, 0.5) is 11.6 Å². The van der Waals surface area contributed by atoms with Crippen molar-refractivity contribution in [3.63, 3.8) is 0 Å². The van der Waals surface area contributed by atoms with Crippen molar-refractivity contribution in [1.82, 2.24) is 19.7 Å². The van der Waals surface area contributed by atoms with Gasteiger partial charge in [-0.2, -0.15) is 10.1 Å². The molecule has 0 amide bonds. The molecule has 3 aromatic rings. The van der Waals surface area contributed by atoms with Crippen molar-refractivity contribution in [1.29, 1.82) is 0 Å². The average Bonchev–Trinajstić information content (AvgIpc) is 3.18. The molecule has 0 saturated carbocycles. The van der Waals surface area contributed by atoms with Crippen LogP contribution in [0.5, 0.6) is 5.88 Å². The summed E-state index contributed by atoms with van der Waals surface area (Å²) in [5.74, 6) is 1.07. The first-order chi connectivity index (χ1) is 15.7. The molecule has 9 nitrogen and oxygen atoms in total. The second kappa shape index (κ2) is 9.38. The lowest BCUT2D eigenvalue weighted by molar-refractivity contribution is 0.271. The molecule has 4 bridgehead atoms. The third-order valence-electron chi connectivity index (χ3n) is 5.15. The maximum absolute atomic E-state index is 13.1. The largest absolute Gasteiger partial charge is 0.475 e. The molecule has 1 aliphatic heterocycles. The molecule has 0 unspecified atom stereocenters. The molecular formula is C23H30N6O3S. The number of fused-ring (bicyclic) bond motifs is 4. The van der Waals surface area contributed by atoms with Gasteiger partial charge >= 0.3 is 0 Å². The second-order valence-electron chi connectivity index (χ2n) is 9.12. The summed E-state index contributed by atoms with van der Waals surface area (Å²) in [7, 11) is -3.90. The van der Waals surface area contributed by atoms with E-state index in [2.05, 4.69) is 52.8 Å². The second-order valence-corrected chi connectivity index (χ2v) is 10.8. The van der Waals surface area contributed by atoms with Crippen LogP contribution in [-0.4, -0.2) is 40.8 Å². The van der Waals surface area contributed by atoms with Crippen molar-refractivity contribution < 1.29 is 13.2 Å². The fraction of sp³-hybridized carbons (Fsp3) is 0.435. The molecule has 1 atom stereocenters. The van der Waals surface area contributed by atoms with Gasteiger partial charge in [0.2, 0.25) is 11.8 Å². The van der Waals surface area contributed by atoms with E-state index in [1.165, 1.54) is 0 Å². The maximum atomic E-state index is 13.1. The normalized spacial score (nSPS) is 17.5. The predicted molar refractivity (Wildman–Crippen MR) is 128 cm³/mol. The Morgan fingerprint density at radius 3 is 2.70 bits per heavy atom. The lowest BCUT2D eigenvalue weighted by atomic mass is 10.0. The van der Waals surface area contributed by atoms with E-state index >= 15 is 0 Å². The van der Waals surface area contributed by atoms with E-state index in [0.29, 0.717) is 36.6 Å². The maximum Gasteiger partial charge on any atom is 0.264 e. The molecule has 0 radical (unpaired) electrons. The van der Waals surface area contributed by atoms with E-state index in [1.54, 1.807) is 30.5 Å². The molecule has 176 valence electrons. The predicted octanol–water partition coefficient (Wildman–Crippen LogP) is 4.02. The highest BCUT2D eigenvalue weighted by Crippen LogP contribution is 2.26. The Bertz CT molecular complexity index is 1220. The van der Waals surface area contributed by atoms with Gasteiger partial charge < -0.3 is 10.1 Å². The van der Waals surface area contributed by atoms with E-state index in [0.717, 1.165) is 17.8 Å². The summed E-state index contributed by atoms with van der Waals surface area (Å²) in [5.41, 5.74) is 2.02. The first-order valence-electron chi connectivity index (χ1n) is 11.1. The zero-order valence-electron chi connectivity index (χ0n) is 19.3. The number of nitrogens with zero attached hydrogens (tertiary/aromatic N) is 4. The van der Waals surface area contributed by atoms with E-state index in [-0.39, 0.29) is 16.9 Å². The number of benzene rings is 1. The van der Waals surface area contributed by atoms with Crippen LogP contribution in [0.3, 0.4) is 0 Å². The van der Waals surface area contributed by atoms with E-state index in [9.17, 15) is 8.42 Å². The van der Waals surface area contributed by atoms with Crippen molar-refractivity contribution in [3.8, 4) is 17.3 Å². The molecular weight excluding hydrogens is 440 g/mol. The number of ether oxygens (including phenoxy) is 1. The zero-order chi connectivity index (χ0) is 23.6. The molecule has 0 spiro atoms. The Labute approximate surface area is 194 Å². The number of hydrogen-bond donors (Lipinski definition) is 2. The molecule has 3 heterocycles. The molecule has 0 saturated heterocycles. The van der Waals surface area contributed by atoms with Crippen molar-refractivity contribution in [2.45, 2.75) is 51.6 Å². The van der Waals surface area contributed by atoms with Gasteiger partial charge in [-0.1, -0.05) is 33.8 Å². The first kappa shape index (κ1) is 23.0. The first-order valence-corrected chi connectivity index (χ1v) is 12.6. The Balaban J connectivity index is 1.79. The van der Waals surface area contributed by atoms with Gasteiger partial charge in [0.15, 0.2) is 0 Å². The van der Waals surface area contributed by atoms with Gasteiger partial charge in [0, 0.05) is 24.5 Å². The Morgan fingerprint density at radius 2 is 1.94 bits per heavy atom. The van der Waals surface area contributed by atoms with E-state index in [1.807, 2.05) is 16.8 Å². The lowest BCUT2D eigenvalue weighted by Crippen LogP contribution is -2.29. The Morgan fingerprint density at radius 1 is 1.12 bits per heavy atom. The Hall–Kier alpha value is -3.14. The monoisotopic (exact) mass is 470 g/mol. The van der Waals surface area contributed by atoms with Gasteiger partial charge in [-0.25, -0.2) is 18.1 Å². The SMILES string of the molecule is CC(C)C[C@@H]1COc2cc(-c3ccnn3CC(C)C)nc(n2)NS(=O)(=O)c2cccc(c2)N1. The van der Waals surface area contributed by atoms with Crippen molar-refractivity contribution >= 4 is 21.7 Å². The van der Waals surface area contributed by atoms with Crippen LogP contribution < -0.4 is 14.8 Å². The topological polar surface area (TPSA) is 111 Å². The van der Waals surface area contributed by atoms with Crippen molar-refractivity contribution in [3.05, 3.63) is 42.6 Å². The van der Waals surface area contributed by atoms with Gasteiger partial charge in [-0.3, -0.25) is 4.68 Å². The summed E-state index contributed by atoms with van der Waals surface area (Å²) in [5, 5.41) is 7.81. The van der Waals surface area contributed by atoms with Gasteiger partial charge in [0.05, 0.1) is 22.3 Å². The smallest absolute Gasteiger partial charge is 0.264 e. The van der Waals surface area contributed by atoms with Crippen LogP contribution in [0.1, 0.15) is 34.1 Å². The van der Waals surface area contributed by atoms with Gasteiger partial charge in [-0.15, -0.1) is 0 Å². The molecule has 1 aliphatic rings. The summed E-state index contributed by atoms with van der Waals surface area (Å²) in [6.45, 7) is 9.56. The number of hydrogen-bond acceptors (Lipinski definition) is 7. The highest BCUT2D eigenvalue weighted by molar-refractivity contribution is 7.92. The van der Waals surface area contributed by atoms with Crippen LogP contribution in [0.25, 0.3) is 11.4 Å². The molecule has 4 rings (SSSR count).